The van der Waals surface area contributed by atoms with Crippen molar-refractivity contribution in [2.24, 2.45) is 0 Å². The molecule has 0 radical (unpaired) electrons. The summed E-state index contributed by atoms with van der Waals surface area (Å²) in [4.78, 5) is 4.58. The van der Waals surface area contributed by atoms with Gasteiger partial charge in [0.05, 0.1) is 0 Å². The van der Waals surface area contributed by atoms with Gasteiger partial charge in [-0.2, -0.15) is 0 Å². The number of unbranched alkanes of at least 4 members (excludes halogenated alkanes) is 26. The van der Waals surface area contributed by atoms with Gasteiger partial charge >= 0.3 is 0 Å². The predicted molar refractivity (Wildman–Crippen MR) is 178 cm³/mol. The molecule has 0 aromatic rings. The molecular formula is C36H78N2. The SMILES string of the molecule is CCCCCCCCCCCCCCCCN(C)C.CCCCCCCCCCCCCCCCN(C)C. The van der Waals surface area contributed by atoms with Crippen LogP contribution in [0.5, 0.6) is 0 Å². The van der Waals surface area contributed by atoms with E-state index in [9.17, 15) is 0 Å². The minimum absolute atomic E-state index is 1.26. The molecule has 0 atom stereocenters. The third-order valence-electron chi connectivity index (χ3n) is 7.92. The highest BCUT2D eigenvalue weighted by molar-refractivity contribution is 4.52. The standard InChI is InChI=1S/2C18H39N/c2*1-4-5-6-7-8-9-10-11-12-13-14-15-16-17-18-19(2)3/h2*4-18H2,1-3H3. The Labute approximate surface area is 244 Å². The van der Waals surface area contributed by atoms with Crippen LogP contribution in [0.15, 0.2) is 0 Å². The quantitative estimate of drug-likeness (QED) is 0.0839. The highest BCUT2D eigenvalue weighted by atomic mass is 15.0. The summed E-state index contributed by atoms with van der Waals surface area (Å²) in [5.41, 5.74) is 0. The zero-order valence-corrected chi connectivity index (χ0v) is 28.1. The zero-order valence-electron chi connectivity index (χ0n) is 28.1. The van der Waals surface area contributed by atoms with Crippen molar-refractivity contribution in [2.75, 3.05) is 41.3 Å². The van der Waals surface area contributed by atoms with E-state index in [1.807, 2.05) is 0 Å². The van der Waals surface area contributed by atoms with Gasteiger partial charge in [0.15, 0.2) is 0 Å². The van der Waals surface area contributed by atoms with E-state index in [1.54, 1.807) is 0 Å². The van der Waals surface area contributed by atoms with Gasteiger partial charge in [0.25, 0.3) is 0 Å². The van der Waals surface area contributed by atoms with Crippen LogP contribution in [0.1, 0.15) is 194 Å². The summed E-state index contributed by atoms with van der Waals surface area (Å²) in [6.45, 7) is 7.11. The third-order valence-corrected chi connectivity index (χ3v) is 7.92. The molecule has 0 aliphatic carbocycles. The molecular weight excluding hydrogens is 460 g/mol. The molecule has 0 N–H and O–H groups in total. The first-order valence-electron chi connectivity index (χ1n) is 17.8. The summed E-state index contributed by atoms with van der Waals surface area (Å²) in [5, 5.41) is 0. The van der Waals surface area contributed by atoms with Crippen molar-refractivity contribution < 1.29 is 0 Å². The Kier molecular flexibility index (Phi) is 38.9. The van der Waals surface area contributed by atoms with Crippen LogP contribution in [0.4, 0.5) is 0 Å². The lowest BCUT2D eigenvalue weighted by Gasteiger charge is -2.08. The average Bonchev–Trinajstić information content (AvgIpc) is 2.89. The van der Waals surface area contributed by atoms with Gasteiger partial charge in [-0.3, -0.25) is 0 Å². The fraction of sp³-hybridized carbons (Fsp3) is 1.00. The molecule has 2 nitrogen and oxygen atoms in total. The van der Waals surface area contributed by atoms with Crippen LogP contribution in [-0.2, 0) is 0 Å². The highest BCUT2D eigenvalue weighted by Crippen LogP contribution is 2.14. The lowest BCUT2D eigenvalue weighted by molar-refractivity contribution is 0.389. The number of hydrogen-bond donors (Lipinski definition) is 0. The second-order valence-corrected chi connectivity index (χ2v) is 12.8. The molecule has 0 rings (SSSR count). The predicted octanol–water partition coefficient (Wildman–Crippen LogP) is 12.1. The molecule has 0 heterocycles. The summed E-state index contributed by atoms with van der Waals surface area (Å²) in [5.74, 6) is 0. The van der Waals surface area contributed by atoms with E-state index < -0.39 is 0 Å². The Bertz CT molecular complexity index is 344. The first-order chi connectivity index (χ1) is 18.5. The fourth-order valence-corrected chi connectivity index (χ4v) is 5.25. The molecule has 0 unspecified atom stereocenters. The molecule has 0 saturated carbocycles. The van der Waals surface area contributed by atoms with Gasteiger partial charge < -0.3 is 9.80 Å². The van der Waals surface area contributed by atoms with Gasteiger partial charge in [-0.1, -0.05) is 181 Å². The van der Waals surface area contributed by atoms with Crippen LogP contribution >= 0.6 is 0 Å². The summed E-state index contributed by atoms with van der Waals surface area (Å²) in [7, 11) is 8.68. The zero-order chi connectivity index (χ0) is 28.4. The first kappa shape index (κ1) is 40.1. The van der Waals surface area contributed by atoms with E-state index in [4.69, 9.17) is 0 Å². The summed E-state index contributed by atoms with van der Waals surface area (Å²) in [6, 6.07) is 0. The summed E-state index contributed by atoms with van der Waals surface area (Å²) < 4.78 is 0. The van der Waals surface area contributed by atoms with Crippen molar-refractivity contribution in [3.63, 3.8) is 0 Å². The molecule has 0 aliphatic rings. The van der Waals surface area contributed by atoms with E-state index in [2.05, 4.69) is 51.8 Å². The minimum atomic E-state index is 1.26. The summed E-state index contributed by atoms with van der Waals surface area (Å²) in [6.07, 6.45) is 40.6. The maximum Gasteiger partial charge on any atom is -0.00248 e. The monoisotopic (exact) mass is 539 g/mol. The van der Waals surface area contributed by atoms with Gasteiger partial charge in [-0.15, -0.1) is 0 Å². The lowest BCUT2D eigenvalue weighted by atomic mass is 10.0. The van der Waals surface area contributed by atoms with Crippen LogP contribution in [-0.4, -0.2) is 51.1 Å². The smallest absolute Gasteiger partial charge is 0.00248 e. The number of rotatable bonds is 30. The maximum absolute atomic E-state index is 2.29. The topological polar surface area (TPSA) is 6.48 Å². The molecule has 2 heteroatoms. The Balaban J connectivity index is 0. The van der Waals surface area contributed by atoms with Crippen LogP contribution in [0.25, 0.3) is 0 Å². The van der Waals surface area contributed by atoms with Crippen LogP contribution in [0, 0.1) is 0 Å². The van der Waals surface area contributed by atoms with Crippen molar-refractivity contribution in [1.29, 1.82) is 0 Å². The van der Waals surface area contributed by atoms with Crippen molar-refractivity contribution in [2.45, 2.75) is 194 Å². The van der Waals surface area contributed by atoms with E-state index in [-0.39, 0.29) is 0 Å². The normalized spacial score (nSPS) is 11.4. The van der Waals surface area contributed by atoms with E-state index >= 15 is 0 Å². The van der Waals surface area contributed by atoms with Crippen molar-refractivity contribution >= 4 is 0 Å². The third kappa shape index (κ3) is 43.0. The average molecular weight is 539 g/mol. The van der Waals surface area contributed by atoms with Crippen molar-refractivity contribution in [3.05, 3.63) is 0 Å². The molecule has 0 aromatic carbocycles. The fourth-order valence-electron chi connectivity index (χ4n) is 5.25. The second kappa shape index (κ2) is 36.9. The van der Waals surface area contributed by atoms with Gasteiger partial charge in [-0.25, -0.2) is 0 Å². The van der Waals surface area contributed by atoms with E-state index in [0.29, 0.717) is 0 Å². The Morgan fingerprint density at radius 2 is 0.395 bits per heavy atom. The van der Waals surface area contributed by atoms with E-state index in [0.717, 1.165) is 0 Å². The van der Waals surface area contributed by atoms with Crippen molar-refractivity contribution in [1.82, 2.24) is 9.80 Å². The van der Waals surface area contributed by atoms with Crippen LogP contribution in [0.2, 0.25) is 0 Å². The number of hydrogen-bond acceptors (Lipinski definition) is 2. The summed E-state index contributed by atoms with van der Waals surface area (Å²) >= 11 is 0. The molecule has 0 aliphatic heterocycles. The molecule has 0 aromatic heterocycles. The Hall–Kier alpha value is -0.0800. The van der Waals surface area contributed by atoms with E-state index in [1.165, 1.54) is 193 Å². The van der Waals surface area contributed by atoms with Crippen molar-refractivity contribution in [3.8, 4) is 0 Å². The molecule has 0 fully saturated rings. The van der Waals surface area contributed by atoms with Gasteiger partial charge in [-0.05, 0) is 54.1 Å². The molecule has 38 heavy (non-hydrogen) atoms. The van der Waals surface area contributed by atoms with Gasteiger partial charge in [0.1, 0.15) is 0 Å². The number of nitrogens with zero attached hydrogens (tertiary/aromatic N) is 2. The Morgan fingerprint density at radius 1 is 0.237 bits per heavy atom. The Morgan fingerprint density at radius 3 is 0.553 bits per heavy atom. The van der Waals surface area contributed by atoms with Gasteiger partial charge in [0.2, 0.25) is 0 Å². The first-order valence-corrected chi connectivity index (χ1v) is 17.8. The van der Waals surface area contributed by atoms with Gasteiger partial charge in [0, 0.05) is 0 Å². The highest BCUT2D eigenvalue weighted by Gasteiger charge is 1.96. The second-order valence-electron chi connectivity index (χ2n) is 12.8. The molecule has 0 spiro atoms. The lowest BCUT2D eigenvalue weighted by Crippen LogP contribution is -2.12. The minimum Gasteiger partial charge on any atom is -0.309 e. The molecule has 0 saturated heterocycles. The van der Waals surface area contributed by atoms with Crippen LogP contribution < -0.4 is 0 Å². The largest absolute Gasteiger partial charge is 0.309 e. The molecule has 0 bridgehead atoms. The van der Waals surface area contributed by atoms with Crippen LogP contribution in [0.3, 0.4) is 0 Å². The molecule has 0 amide bonds. The maximum atomic E-state index is 2.29. The molecule has 232 valence electrons.